The van der Waals surface area contributed by atoms with Crippen molar-refractivity contribution >= 4 is 0 Å². The van der Waals surface area contributed by atoms with Crippen LogP contribution in [0.4, 0.5) is 0 Å². The number of fused-ring (bicyclic) bond motifs is 8. The molecule has 48 heavy (non-hydrogen) atoms. The van der Waals surface area contributed by atoms with Crippen LogP contribution in [0.3, 0.4) is 0 Å². The predicted molar refractivity (Wildman–Crippen MR) is 196 cm³/mol. The fraction of sp³-hybridized carbons (Fsp3) is 0.455. The summed E-state index contributed by atoms with van der Waals surface area (Å²) in [5.41, 5.74) is 8.96. The molecule has 0 unspecified atom stereocenters. The standard InChI is InChI=1S/C44H56O4/c1-41(2,3)33-17-25-13-27-19-34(42(4,5)6)21-29(38(27)46)15-31-23-36(44(10,11)12)24-32(40(31)48)16-30-22-35(43(7,8)9)20-28(39(30)47)14-26(18-33)37(25)45/h17-24,45-48H,13-16H2,1-12H3/p-1. The first-order valence-electron chi connectivity index (χ1n) is 17.3. The maximum Gasteiger partial charge on any atom is 0.122 e. The fourth-order valence-electron chi connectivity index (χ4n) is 6.66. The van der Waals surface area contributed by atoms with Crippen LogP contribution in [0.25, 0.3) is 0 Å². The van der Waals surface area contributed by atoms with Crippen LogP contribution in [-0.4, -0.2) is 15.3 Å². The van der Waals surface area contributed by atoms with Gasteiger partial charge in [0.25, 0.3) is 0 Å². The first-order chi connectivity index (χ1) is 21.9. The van der Waals surface area contributed by atoms with Crippen LogP contribution in [0.2, 0.25) is 0 Å². The molecule has 4 aromatic carbocycles. The zero-order valence-corrected chi connectivity index (χ0v) is 31.2. The molecule has 8 bridgehead atoms. The molecular weight excluding hydrogens is 592 g/mol. The molecule has 3 N–H and O–H groups in total. The summed E-state index contributed by atoms with van der Waals surface area (Å²) < 4.78 is 0. The molecule has 1 aliphatic carbocycles. The number of phenols is 3. The Morgan fingerprint density at radius 3 is 0.708 bits per heavy atom. The summed E-state index contributed by atoms with van der Waals surface area (Å²) in [6, 6.07) is 16.3. The summed E-state index contributed by atoms with van der Waals surface area (Å²) in [7, 11) is 0. The molecule has 256 valence electrons. The summed E-state index contributed by atoms with van der Waals surface area (Å²) in [4.78, 5) is 0. The van der Waals surface area contributed by atoms with Crippen LogP contribution in [0, 0.1) is 0 Å². The molecule has 0 amide bonds. The van der Waals surface area contributed by atoms with Gasteiger partial charge in [-0.1, -0.05) is 143 Å². The zero-order chi connectivity index (χ0) is 35.7. The lowest BCUT2D eigenvalue weighted by molar-refractivity contribution is -0.270. The van der Waals surface area contributed by atoms with E-state index in [1.165, 1.54) is 0 Å². The number of rotatable bonds is 0. The van der Waals surface area contributed by atoms with Gasteiger partial charge in [0.05, 0.1) is 0 Å². The van der Waals surface area contributed by atoms with Crippen LogP contribution in [0.5, 0.6) is 23.0 Å². The van der Waals surface area contributed by atoms with Crippen molar-refractivity contribution in [2.24, 2.45) is 0 Å². The molecule has 0 saturated carbocycles. The van der Waals surface area contributed by atoms with Gasteiger partial charge in [-0.2, -0.15) is 0 Å². The first-order valence-corrected chi connectivity index (χ1v) is 17.3. The van der Waals surface area contributed by atoms with Gasteiger partial charge in [-0.05, 0) is 77.3 Å². The SMILES string of the molecule is CC(C)(C)c1cc2c([O-])c(c1)Cc1cc(C(C)(C)C)cc(c1O)Cc1cc(C(C)(C)C)cc(c1O)Cc1cc(C(C)(C)C)cc(c1O)C2. The van der Waals surface area contributed by atoms with Crippen molar-refractivity contribution in [3.63, 3.8) is 0 Å². The molecule has 0 saturated heterocycles. The molecule has 5 rings (SSSR count). The Hall–Kier alpha value is -3.92. The van der Waals surface area contributed by atoms with Gasteiger partial charge >= 0.3 is 0 Å². The number of hydrogen-bond acceptors (Lipinski definition) is 4. The third-order valence-corrected chi connectivity index (χ3v) is 10.0. The Labute approximate surface area is 288 Å². The summed E-state index contributed by atoms with van der Waals surface area (Å²) >= 11 is 0. The molecule has 4 heteroatoms. The third kappa shape index (κ3) is 7.09. The maximum atomic E-state index is 14.3. The maximum absolute atomic E-state index is 14.3. The van der Waals surface area contributed by atoms with E-state index in [2.05, 4.69) is 95.2 Å². The lowest BCUT2D eigenvalue weighted by Gasteiger charge is -2.29. The van der Waals surface area contributed by atoms with Crippen molar-refractivity contribution in [3.05, 3.63) is 115 Å². The number of hydrogen-bond donors (Lipinski definition) is 3. The van der Waals surface area contributed by atoms with Gasteiger partial charge in [0, 0.05) is 25.7 Å². The van der Waals surface area contributed by atoms with Crippen molar-refractivity contribution in [1.82, 2.24) is 0 Å². The smallest absolute Gasteiger partial charge is 0.122 e. The lowest BCUT2D eigenvalue weighted by atomic mass is 9.79. The third-order valence-electron chi connectivity index (χ3n) is 10.0. The largest absolute Gasteiger partial charge is 0.872 e. The molecular formula is C44H55O4-. The number of benzene rings is 4. The van der Waals surface area contributed by atoms with E-state index < -0.39 is 0 Å². The quantitative estimate of drug-likeness (QED) is 0.156. The minimum atomic E-state index is -0.218. The molecule has 0 atom stereocenters. The zero-order valence-electron chi connectivity index (χ0n) is 31.2. The summed E-state index contributed by atoms with van der Waals surface area (Å²) in [6.45, 7) is 25.8. The monoisotopic (exact) mass is 647 g/mol. The van der Waals surface area contributed by atoms with Crippen LogP contribution >= 0.6 is 0 Å². The normalized spacial score (nSPS) is 14.2. The fourth-order valence-corrected chi connectivity index (χ4v) is 6.66. The highest BCUT2D eigenvalue weighted by Gasteiger charge is 2.26. The minimum Gasteiger partial charge on any atom is -0.872 e. The number of phenolic OH excluding ortho intramolecular Hbond substituents is 3. The number of aromatic hydroxyl groups is 3. The van der Waals surface area contributed by atoms with E-state index in [1.54, 1.807) is 0 Å². The van der Waals surface area contributed by atoms with Gasteiger partial charge in [0.2, 0.25) is 0 Å². The van der Waals surface area contributed by atoms with E-state index in [-0.39, 0.29) is 57.5 Å². The van der Waals surface area contributed by atoms with E-state index in [9.17, 15) is 20.4 Å². The van der Waals surface area contributed by atoms with Gasteiger partial charge in [0.1, 0.15) is 17.2 Å². The average molecular weight is 648 g/mol. The molecule has 0 spiro atoms. The second kappa shape index (κ2) is 11.9. The molecule has 4 nitrogen and oxygen atoms in total. The summed E-state index contributed by atoms with van der Waals surface area (Å²) in [5.74, 6) is 0.451. The molecule has 0 fully saturated rings. The van der Waals surface area contributed by atoms with Crippen molar-refractivity contribution in [3.8, 4) is 23.0 Å². The van der Waals surface area contributed by atoms with Gasteiger partial charge in [-0.15, -0.1) is 5.75 Å². The minimum absolute atomic E-state index is 0.0583. The van der Waals surface area contributed by atoms with E-state index in [0.29, 0.717) is 35.1 Å². The molecule has 0 aliphatic heterocycles. The van der Waals surface area contributed by atoms with Gasteiger partial charge in [-0.3, -0.25) is 0 Å². The van der Waals surface area contributed by atoms with Crippen LogP contribution in [0.1, 0.15) is 150 Å². The molecule has 4 aromatic rings. The van der Waals surface area contributed by atoms with E-state index in [4.69, 9.17) is 0 Å². The molecule has 0 radical (unpaired) electrons. The summed E-state index contributed by atoms with van der Waals surface area (Å²) in [6.07, 6.45) is 1.19. The van der Waals surface area contributed by atoms with Gasteiger partial charge in [-0.25, -0.2) is 0 Å². The van der Waals surface area contributed by atoms with E-state index >= 15 is 0 Å². The van der Waals surface area contributed by atoms with Crippen molar-refractivity contribution in [1.29, 1.82) is 0 Å². The Balaban J connectivity index is 1.89. The highest BCUT2D eigenvalue weighted by Crippen LogP contribution is 2.42. The van der Waals surface area contributed by atoms with Crippen LogP contribution < -0.4 is 5.11 Å². The van der Waals surface area contributed by atoms with E-state index in [1.807, 2.05) is 36.4 Å². The average Bonchev–Trinajstić information content (AvgIpc) is 2.93. The van der Waals surface area contributed by atoms with Gasteiger partial charge in [0.15, 0.2) is 0 Å². The molecule has 0 aromatic heterocycles. The molecule has 0 heterocycles. The van der Waals surface area contributed by atoms with E-state index in [0.717, 1.165) is 44.5 Å². The lowest BCUT2D eigenvalue weighted by Crippen LogP contribution is -2.16. The Morgan fingerprint density at radius 1 is 0.354 bits per heavy atom. The highest BCUT2D eigenvalue weighted by atomic mass is 16.3. The van der Waals surface area contributed by atoms with Crippen molar-refractivity contribution in [2.45, 2.75) is 130 Å². The second-order valence-corrected chi connectivity index (χ2v) is 18.3. The molecule has 1 aliphatic rings. The van der Waals surface area contributed by atoms with Gasteiger partial charge < -0.3 is 20.4 Å². The highest BCUT2D eigenvalue weighted by molar-refractivity contribution is 5.58. The van der Waals surface area contributed by atoms with Crippen molar-refractivity contribution in [2.75, 3.05) is 0 Å². The first kappa shape index (κ1) is 35.4. The Kier molecular flexibility index (Phi) is 8.77. The topological polar surface area (TPSA) is 83.8 Å². The van der Waals surface area contributed by atoms with Crippen LogP contribution in [0.15, 0.2) is 48.5 Å². The Bertz CT molecular complexity index is 1510. The summed E-state index contributed by atoms with van der Waals surface area (Å²) in [5, 5.41) is 50.0. The predicted octanol–water partition coefficient (Wildman–Crippen LogP) is 9.74. The second-order valence-electron chi connectivity index (χ2n) is 18.3. The van der Waals surface area contributed by atoms with Crippen LogP contribution in [-0.2, 0) is 47.3 Å². The van der Waals surface area contributed by atoms with Crippen molar-refractivity contribution < 1.29 is 20.4 Å². The Morgan fingerprint density at radius 2 is 0.521 bits per heavy atom.